The van der Waals surface area contributed by atoms with Gasteiger partial charge in [0.2, 0.25) is 5.95 Å². The molecule has 2 aromatic rings. The van der Waals surface area contributed by atoms with E-state index in [9.17, 15) is 10.1 Å². The molecule has 18 heavy (non-hydrogen) atoms. The van der Waals surface area contributed by atoms with Crippen molar-refractivity contribution in [3.63, 3.8) is 0 Å². The standard InChI is InChI=1S/C8H9N7O2S/c1-2-9-7-10-3-5(15(16)17)6(13-7)18-8-11-4-12-14-8/h3-4H,2H2,1H3,(H,9,10,13)(H,11,12,14). The second-order valence-electron chi connectivity index (χ2n) is 3.06. The van der Waals surface area contributed by atoms with E-state index in [1.165, 1.54) is 12.5 Å². The third kappa shape index (κ3) is 2.71. The average Bonchev–Trinajstić information content (AvgIpc) is 2.82. The zero-order valence-corrected chi connectivity index (χ0v) is 10.1. The number of nitrogens with one attached hydrogen (secondary N) is 2. The predicted octanol–water partition coefficient (Wildman–Crippen LogP) is 1.09. The highest BCUT2D eigenvalue weighted by Gasteiger charge is 2.19. The van der Waals surface area contributed by atoms with E-state index in [4.69, 9.17) is 0 Å². The Hall–Kier alpha value is -2.23. The van der Waals surface area contributed by atoms with Crippen LogP contribution < -0.4 is 5.32 Å². The van der Waals surface area contributed by atoms with Crippen LogP contribution in [0.3, 0.4) is 0 Å². The van der Waals surface area contributed by atoms with Gasteiger partial charge in [0.25, 0.3) is 0 Å². The highest BCUT2D eigenvalue weighted by Crippen LogP contribution is 2.30. The Bertz CT molecular complexity index is 544. The van der Waals surface area contributed by atoms with Crippen LogP contribution in [0.5, 0.6) is 0 Å². The fourth-order valence-corrected chi connectivity index (χ4v) is 1.88. The fraction of sp³-hybridized carbons (Fsp3) is 0.250. The maximum atomic E-state index is 10.9. The van der Waals surface area contributed by atoms with Crippen LogP contribution >= 0.6 is 11.8 Å². The Morgan fingerprint density at radius 1 is 1.56 bits per heavy atom. The Labute approximate surface area is 106 Å². The molecule has 0 aliphatic carbocycles. The number of rotatable bonds is 5. The van der Waals surface area contributed by atoms with E-state index in [1.807, 2.05) is 6.92 Å². The third-order valence-corrected chi connectivity index (χ3v) is 2.74. The minimum atomic E-state index is -0.533. The molecule has 0 saturated carbocycles. The van der Waals surface area contributed by atoms with E-state index in [0.717, 1.165) is 11.8 Å². The van der Waals surface area contributed by atoms with Crippen LogP contribution in [-0.4, -0.2) is 36.6 Å². The number of aromatic nitrogens is 5. The lowest BCUT2D eigenvalue weighted by Gasteiger charge is -2.03. The molecule has 94 valence electrons. The molecule has 2 heterocycles. The molecule has 0 aromatic carbocycles. The number of hydrogen-bond donors (Lipinski definition) is 2. The number of nitrogens with zero attached hydrogens (tertiary/aromatic N) is 5. The van der Waals surface area contributed by atoms with Crippen molar-refractivity contribution in [1.82, 2.24) is 25.1 Å². The average molecular weight is 267 g/mol. The van der Waals surface area contributed by atoms with E-state index in [1.54, 1.807) is 0 Å². The maximum absolute atomic E-state index is 10.9. The largest absolute Gasteiger partial charge is 0.354 e. The molecule has 0 aliphatic rings. The van der Waals surface area contributed by atoms with E-state index in [0.29, 0.717) is 17.6 Å². The summed E-state index contributed by atoms with van der Waals surface area (Å²) in [6.07, 6.45) is 2.49. The highest BCUT2D eigenvalue weighted by atomic mass is 32.2. The molecular weight excluding hydrogens is 258 g/mol. The van der Waals surface area contributed by atoms with Gasteiger partial charge in [-0.2, -0.15) is 10.1 Å². The lowest BCUT2D eigenvalue weighted by molar-refractivity contribution is -0.388. The molecule has 0 amide bonds. The van der Waals surface area contributed by atoms with Crippen LogP contribution in [0.2, 0.25) is 0 Å². The summed E-state index contributed by atoms with van der Waals surface area (Å²) >= 11 is 1.03. The Morgan fingerprint density at radius 2 is 2.39 bits per heavy atom. The Balaban J connectivity index is 2.34. The normalized spacial score (nSPS) is 10.3. The zero-order chi connectivity index (χ0) is 13.0. The van der Waals surface area contributed by atoms with Gasteiger partial charge in [-0.15, -0.1) is 0 Å². The first kappa shape index (κ1) is 12.2. The van der Waals surface area contributed by atoms with Crippen LogP contribution in [0.15, 0.2) is 22.7 Å². The van der Waals surface area contributed by atoms with Gasteiger partial charge in [0, 0.05) is 6.54 Å². The first-order chi connectivity index (χ1) is 8.70. The SMILES string of the molecule is CCNc1ncc([N+](=O)[O-])c(Sc2ncn[nH]2)n1. The van der Waals surface area contributed by atoms with Crippen molar-refractivity contribution in [3.05, 3.63) is 22.6 Å². The molecule has 0 aliphatic heterocycles. The smallest absolute Gasteiger partial charge is 0.320 e. The Kier molecular flexibility index (Phi) is 3.67. The lowest BCUT2D eigenvalue weighted by Crippen LogP contribution is -2.04. The van der Waals surface area contributed by atoms with Crippen molar-refractivity contribution in [3.8, 4) is 0 Å². The summed E-state index contributed by atoms with van der Waals surface area (Å²) < 4.78 is 0. The maximum Gasteiger partial charge on any atom is 0.320 e. The van der Waals surface area contributed by atoms with Crippen molar-refractivity contribution in [2.24, 2.45) is 0 Å². The van der Waals surface area contributed by atoms with Gasteiger partial charge in [-0.25, -0.2) is 9.97 Å². The number of H-pyrrole nitrogens is 1. The molecule has 0 bridgehead atoms. The molecule has 0 atom stereocenters. The summed E-state index contributed by atoms with van der Waals surface area (Å²) in [7, 11) is 0. The Morgan fingerprint density at radius 3 is 3.00 bits per heavy atom. The molecule has 0 saturated heterocycles. The van der Waals surface area contributed by atoms with E-state index in [-0.39, 0.29) is 10.7 Å². The molecular formula is C8H9N7O2S. The van der Waals surface area contributed by atoms with Gasteiger partial charge >= 0.3 is 5.69 Å². The monoisotopic (exact) mass is 267 g/mol. The number of aromatic amines is 1. The lowest BCUT2D eigenvalue weighted by atomic mass is 10.5. The van der Waals surface area contributed by atoms with E-state index < -0.39 is 4.92 Å². The van der Waals surface area contributed by atoms with Crippen molar-refractivity contribution in [1.29, 1.82) is 0 Å². The summed E-state index contributed by atoms with van der Waals surface area (Å²) in [5.74, 6) is 0.338. The molecule has 2 N–H and O–H groups in total. The number of hydrogen-bond acceptors (Lipinski definition) is 8. The summed E-state index contributed by atoms with van der Waals surface area (Å²) in [5.41, 5.74) is -0.168. The van der Waals surface area contributed by atoms with Gasteiger partial charge in [0.05, 0.1) is 4.92 Å². The number of anilines is 1. The van der Waals surface area contributed by atoms with Gasteiger partial charge in [-0.1, -0.05) is 0 Å². The van der Waals surface area contributed by atoms with E-state index in [2.05, 4.69) is 30.5 Å². The summed E-state index contributed by atoms with van der Waals surface area (Å²) in [5, 5.41) is 20.7. The van der Waals surface area contributed by atoms with Crippen LogP contribution in [0.25, 0.3) is 0 Å². The molecule has 2 aromatic heterocycles. The molecule has 10 heteroatoms. The quantitative estimate of drug-likeness (QED) is 0.468. The third-order valence-electron chi connectivity index (χ3n) is 1.85. The van der Waals surface area contributed by atoms with Crippen molar-refractivity contribution in [2.45, 2.75) is 17.1 Å². The van der Waals surface area contributed by atoms with Gasteiger partial charge < -0.3 is 5.32 Å². The second-order valence-corrected chi connectivity index (χ2v) is 4.04. The molecule has 0 fully saturated rings. The number of nitro groups is 1. The summed E-state index contributed by atoms with van der Waals surface area (Å²) in [4.78, 5) is 22.1. The molecule has 0 unspecified atom stereocenters. The van der Waals surface area contributed by atoms with Crippen LogP contribution in [0, 0.1) is 10.1 Å². The first-order valence-corrected chi connectivity index (χ1v) is 5.81. The van der Waals surface area contributed by atoms with E-state index >= 15 is 0 Å². The molecule has 0 spiro atoms. The molecule has 9 nitrogen and oxygen atoms in total. The minimum Gasteiger partial charge on any atom is -0.354 e. The summed E-state index contributed by atoms with van der Waals surface area (Å²) in [6, 6.07) is 0. The molecule has 2 rings (SSSR count). The van der Waals surface area contributed by atoms with Crippen molar-refractivity contribution < 1.29 is 4.92 Å². The summed E-state index contributed by atoms with van der Waals surface area (Å²) in [6.45, 7) is 2.51. The van der Waals surface area contributed by atoms with Crippen LogP contribution in [0.4, 0.5) is 11.6 Å². The molecule has 0 radical (unpaired) electrons. The predicted molar refractivity (Wildman–Crippen MR) is 63.4 cm³/mol. The van der Waals surface area contributed by atoms with Crippen molar-refractivity contribution >= 4 is 23.4 Å². The highest BCUT2D eigenvalue weighted by molar-refractivity contribution is 7.99. The van der Waals surface area contributed by atoms with Crippen LogP contribution in [-0.2, 0) is 0 Å². The van der Waals surface area contributed by atoms with Gasteiger partial charge in [0.1, 0.15) is 12.5 Å². The van der Waals surface area contributed by atoms with Gasteiger partial charge in [-0.3, -0.25) is 15.2 Å². The first-order valence-electron chi connectivity index (χ1n) is 4.99. The minimum absolute atomic E-state index is 0.168. The zero-order valence-electron chi connectivity index (χ0n) is 9.32. The second kappa shape index (κ2) is 5.40. The van der Waals surface area contributed by atoms with Gasteiger partial charge in [0.15, 0.2) is 10.2 Å². The van der Waals surface area contributed by atoms with Gasteiger partial charge in [-0.05, 0) is 18.7 Å². The van der Waals surface area contributed by atoms with Crippen molar-refractivity contribution in [2.75, 3.05) is 11.9 Å². The fourth-order valence-electron chi connectivity index (χ4n) is 1.14. The topological polar surface area (TPSA) is 123 Å². The van der Waals surface area contributed by atoms with Crippen LogP contribution in [0.1, 0.15) is 6.92 Å².